The van der Waals surface area contributed by atoms with Crippen LogP contribution in [0.15, 0.2) is 0 Å². The Labute approximate surface area is 94.5 Å². The van der Waals surface area contributed by atoms with Crippen LogP contribution in [0, 0.1) is 22.7 Å². The van der Waals surface area contributed by atoms with E-state index in [-0.39, 0.29) is 39.8 Å². The quantitative estimate of drug-likeness (QED) is 0.606. The summed E-state index contributed by atoms with van der Waals surface area (Å²) in [7, 11) is 9.63. The fourth-order valence-corrected chi connectivity index (χ4v) is 0. The Morgan fingerprint density at radius 3 is 1.10 bits per heavy atom. The minimum absolute atomic E-state index is 0. The van der Waals surface area contributed by atoms with E-state index in [0.717, 1.165) is 0 Å². The Morgan fingerprint density at radius 1 is 1.10 bits per heavy atom. The standard InChI is InChI=1S/2C2H3N.2ClH.Pd.Sn/c2*1-2-3;;;;/h2*1H3;2*1H;;/q;;;;+2;/p-2. The number of rotatable bonds is 0. The summed E-state index contributed by atoms with van der Waals surface area (Å²) < 4.78 is 0. The van der Waals surface area contributed by atoms with Crippen LogP contribution in [0.3, 0.4) is 0 Å². The Morgan fingerprint density at radius 2 is 1.10 bits per heavy atom. The van der Waals surface area contributed by atoms with Crippen molar-refractivity contribution in [3.63, 3.8) is 0 Å². The van der Waals surface area contributed by atoms with E-state index in [1.165, 1.54) is 13.8 Å². The van der Waals surface area contributed by atoms with Crippen LogP contribution in [0.2, 0.25) is 0 Å². The third kappa shape index (κ3) is 557. The molecule has 0 saturated carbocycles. The molecule has 0 aromatic rings. The average Bonchev–Trinajstić information content (AvgIpc) is 1.70. The number of nitriles is 2. The second-order valence-corrected chi connectivity index (χ2v) is 2.85. The van der Waals surface area contributed by atoms with Gasteiger partial charge in [-0.25, -0.2) is 0 Å². The molecule has 0 N–H and O–H groups in total. The fourth-order valence-electron chi connectivity index (χ4n) is 0. The topological polar surface area (TPSA) is 47.6 Å². The van der Waals surface area contributed by atoms with Crippen molar-refractivity contribution in [3.8, 4) is 12.1 Å². The Kier molecular flexibility index (Phi) is 113. The van der Waals surface area contributed by atoms with Crippen molar-refractivity contribution in [2.45, 2.75) is 13.8 Å². The van der Waals surface area contributed by atoms with E-state index in [1.54, 1.807) is 12.1 Å². The largest absolute Gasteiger partial charge is 0 e. The monoisotopic (exact) mass is 378 g/mol. The number of nitrogens with zero attached hydrogens (tertiary/aromatic N) is 2. The zero-order chi connectivity index (χ0) is 8.12. The van der Waals surface area contributed by atoms with Gasteiger partial charge < -0.3 is 0 Å². The minimum Gasteiger partial charge on any atom is 0 e. The van der Waals surface area contributed by atoms with E-state index in [0.29, 0.717) is 0 Å². The first kappa shape index (κ1) is 22.5. The van der Waals surface area contributed by atoms with Crippen LogP contribution in [-0.2, 0) is 15.9 Å². The summed E-state index contributed by atoms with van der Waals surface area (Å²) in [5, 5.41) is 14.6. The number of halogens is 2. The van der Waals surface area contributed by atoms with Crippen LogP contribution in [0.25, 0.3) is 0 Å². The molecule has 0 saturated heterocycles. The van der Waals surface area contributed by atoms with E-state index in [9.17, 15) is 0 Å². The van der Waals surface area contributed by atoms with Gasteiger partial charge in [0, 0.05) is 37.8 Å². The Hall–Kier alpha value is 1.02. The normalized spacial score (nSPS) is 3.80. The fraction of sp³-hybridized carbons (Fsp3) is 0.500. The Balaban J connectivity index is -0.0000000257. The molecule has 60 valence electrons. The molecular weight excluding hydrogens is 372 g/mol. The van der Waals surface area contributed by atoms with Gasteiger partial charge in [0.2, 0.25) is 0 Å². The molecule has 0 amide bonds. The molecule has 0 atom stereocenters. The van der Waals surface area contributed by atoms with Gasteiger partial charge >= 0.3 is 35.0 Å². The summed E-state index contributed by atoms with van der Waals surface area (Å²) in [6.07, 6.45) is 0. The van der Waals surface area contributed by atoms with Gasteiger partial charge in [-0.3, -0.25) is 0 Å². The summed E-state index contributed by atoms with van der Waals surface area (Å²) in [6.45, 7) is 2.86. The molecular formula is C4H6Cl2N2PdSn. The minimum atomic E-state index is -0.106. The van der Waals surface area contributed by atoms with Crippen molar-refractivity contribution < 1.29 is 15.9 Å². The Bertz CT molecular complexity index is 86.4. The predicted molar refractivity (Wildman–Crippen MR) is 40.0 cm³/mol. The molecule has 0 bridgehead atoms. The molecule has 0 heterocycles. The molecule has 0 unspecified atom stereocenters. The molecule has 0 aliphatic rings. The van der Waals surface area contributed by atoms with E-state index in [2.05, 4.69) is 0 Å². The van der Waals surface area contributed by atoms with Crippen LogP contribution >= 0.6 is 19.1 Å². The second-order valence-electron chi connectivity index (χ2n) is 0.492. The smallest absolute Gasteiger partial charge is 0 e. The van der Waals surface area contributed by atoms with E-state index >= 15 is 0 Å². The van der Waals surface area contributed by atoms with Crippen molar-refractivity contribution in [3.05, 3.63) is 0 Å². The van der Waals surface area contributed by atoms with Crippen molar-refractivity contribution in [1.29, 1.82) is 10.5 Å². The van der Waals surface area contributed by atoms with Crippen LogP contribution in [0.1, 0.15) is 13.8 Å². The van der Waals surface area contributed by atoms with Gasteiger partial charge in [-0.15, -0.1) is 0 Å². The zero-order valence-corrected chi connectivity index (χ0v) is 11.4. The summed E-state index contributed by atoms with van der Waals surface area (Å²) in [5.74, 6) is 0. The number of hydrogen-bond donors (Lipinski definition) is 0. The molecule has 2 nitrogen and oxygen atoms in total. The zero-order valence-electron chi connectivity index (χ0n) is 5.47. The van der Waals surface area contributed by atoms with Crippen molar-refractivity contribution in [2.75, 3.05) is 0 Å². The van der Waals surface area contributed by atoms with Gasteiger partial charge in [0.1, 0.15) is 0 Å². The van der Waals surface area contributed by atoms with E-state index in [4.69, 9.17) is 29.6 Å². The van der Waals surface area contributed by atoms with Crippen LogP contribution < -0.4 is 0 Å². The molecule has 0 aliphatic heterocycles. The maximum Gasteiger partial charge on any atom is 0 e. The van der Waals surface area contributed by atoms with Crippen LogP contribution in [0.4, 0.5) is 0 Å². The van der Waals surface area contributed by atoms with Crippen LogP contribution in [-0.4, -0.2) is 23.9 Å². The predicted octanol–water partition coefficient (Wildman–Crippen LogP) is 2.06. The molecule has 0 spiro atoms. The van der Waals surface area contributed by atoms with Crippen molar-refractivity contribution in [1.82, 2.24) is 0 Å². The molecule has 0 aromatic carbocycles. The third-order valence-corrected chi connectivity index (χ3v) is 0. The first-order chi connectivity index (χ1) is 4.24. The first-order valence-corrected chi connectivity index (χ1v) is 5.69. The third-order valence-electron chi connectivity index (χ3n) is 0. The van der Waals surface area contributed by atoms with Gasteiger partial charge in [0.05, 0.1) is 12.1 Å². The summed E-state index contributed by atoms with van der Waals surface area (Å²) in [6, 6.07) is 3.50. The van der Waals surface area contributed by atoms with Gasteiger partial charge in [-0.2, -0.15) is 10.5 Å². The molecule has 0 aromatic heterocycles. The van der Waals surface area contributed by atoms with E-state index in [1.807, 2.05) is 0 Å². The van der Waals surface area contributed by atoms with Gasteiger partial charge in [-0.05, 0) is 0 Å². The summed E-state index contributed by atoms with van der Waals surface area (Å²) in [4.78, 5) is 0. The molecule has 0 fully saturated rings. The molecule has 4 radical (unpaired) electrons. The molecule has 10 heavy (non-hydrogen) atoms. The molecule has 6 heteroatoms. The van der Waals surface area contributed by atoms with Crippen LogP contribution in [0.5, 0.6) is 0 Å². The van der Waals surface area contributed by atoms with Gasteiger partial charge in [0.15, 0.2) is 0 Å². The maximum absolute atomic E-state index is 7.32. The van der Waals surface area contributed by atoms with Crippen molar-refractivity contribution >= 4 is 43.0 Å². The first-order valence-electron chi connectivity index (χ1n) is 1.69. The van der Waals surface area contributed by atoms with E-state index < -0.39 is 0 Å². The SMILES string of the molecule is CC#N.CC#N.[Cl][Pd][Cl].[Sn]. The molecule has 0 rings (SSSR count). The van der Waals surface area contributed by atoms with Gasteiger partial charge in [-0.1, -0.05) is 0 Å². The summed E-state index contributed by atoms with van der Waals surface area (Å²) in [5.41, 5.74) is 0. The number of hydrogen-bond acceptors (Lipinski definition) is 2. The van der Waals surface area contributed by atoms with Crippen molar-refractivity contribution in [2.24, 2.45) is 0 Å². The van der Waals surface area contributed by atoms with Gasteiger partial charge in [0.25, 0.3) is 0 Å². The average molecular weight is 378 g/mol. The molecule has 0 aliphatic carbocycles. The second kappa shape index (κ2) is 50.4. The maximum atomic E-state index is 7.32. The summed E-state index contributed by atoms with van der Waals surface area (Å²) >= 11 is -0.106.